The van der Waals surface area contributed by atoms with Crippen LogP contribution in [-0.2, 0) is 0 Å². The molecule has 0 spiro atoms. The van der Waals surface area contributed by atoms with Crippen LogP contribution in [0.2, 0.25) is 0 Å². The zero-order chi connectivity index (χ0) is 22.1. The number of rotatable bonds is 5. The normalized spacial score (nSPS) is 14.5. The number of piperidine rings is 1. The van der Waals surface area contributed by atoms with E-state index < -0.39 is 5.97 Å². The summed E-state index contributed by atoms with van der Waals surface area (Å²) >= 11 is 4.64. The molecule has 0 aliphatic carbocycles. The lowest BCUT2D eigenvalue weighted by Gasteiger charge is -2.23. The minimum absolute atomic E-state index is 0.190. The van der Waals surface area contributed by atoms with Crippen LogP contribution in [0.5, 0.6) is 0 Å². The number of aromatic carboxylic acids is 1. The van der Waals surface area contributed by atoms with Crippen molar-refractivity contribution in [3.8, 4) is 22.6 Å². The average Bonchev–Trinajstić information content (AvgIpc) is 3.47. The van der Waals surface area contributed by atoms with Crippen LogP contribution in [0, 0.1) is 0 Å². The number of pyridine rings is 1. The molecular weight excluding hydrogens is 490 g/mol. The number of carbonyl (C=O) groups is 1. The Hall–Kier alpha value is -2.97. The van der Waals surface area contributed by atoms with Crippen LogP contribution in [0.25, 0.3) is 32.8 Å². The molecule has 1 fully saturated rings. The molecule has 1 aromatic carbocycles. The van der Waals surface area contributed by atoms with Gasteiger partial charge in [-0.05, 0) is 60.7 Å². The molecule has 1 aliphatic rings. The number of carboxylic acid groups (broad SMARTS) is 1. The molecule has 0 amide bonds. The number of furan rings is 1. The summed E-state index contributed by atoms with van der Waals surface area (Å²) in [4.78, 5) is 24.5. The van der Waals surface area contributed by atoms with Crippen LogP contribution >= 0.6 is 27.3 Å². The average molecular weight is 510 g/mol. The summed E-state index contributed by atoms with van der Waals surface area (Å²) < 4.78 is 6.54. The summed E-state index contributed by atoms with van der Waals surface area (Å²) in [5.41, 5.74) is 2.95. The third-order valence-electron chi connectivity index (χ3n) is 5.50. The van der Waals surface area contributed by atoms with Crippen molar-refractivity contribution < 1.29 is 14.3 Å². The maximum atomic E-state index is 12.1. The topological polar surface area (TPSA) is 78.9 Å². The molecule has 0 saturated carbocycles. The highest BCUT2D eigenvalue weighted by Crippen LogP contribution is 2.44. The highest BCUT2D eigenvalue weighted by Gasteiger charge is 2.23. The Kier molecular flexibility index (Phi) is 5.80. The Morgan fingerprint density at radius 1 is 1.19 bits per heavy atom. The zero-order valence-corrected chi connectivity index (χ0v) is 19.5. The predicted octanol–water partition coefficient (Wildman–Crippen LogP) is 6.83. The Bertz CT molecular complexity index is 1290. The maximum absolute atomic E-state index is 12.1. The number of aromatic nitrogens is 1. The largest absolute Gasteiger partial charge is 0.477 e. The summed E-state index contributed by atoms with van der Waals surface area (Å²) in [6, 6.07) is 13.5. The molecule has 1 N–H and O–H groups in total. The fraction of sp³-hybridized carbons (Fsp3) is 0.208. The second kappa shape index (κ2) is 8.88. The monoisotopic (exact) mass is 509 g/mol. The van der Waals surface area contributed by atoms with Gasteiger partial charge in [0.25, 0.3) is 0 Å². The molecule has 5 rings (SSSR count). The first-order valence-electron chi connectivity index (χ1n) is 10.4. The van der Waals surface area contributed by atoms with Crippen molar-refractivity contribution in [3.63, 3.8) is 0 Å². The van der Waals surface area contributed by atoms with Crippen LogP contribution in [0.4, 0.5) is 5.69 Å². The molecule has 6 nitrogen and oxygen atoms in total. The number of aliphatic imine (C=N–C) groups is 1. The molecule has 4 heterocycles. The van der Waals surface area contributed by atoms with Crippen molar-refractivity contribution in [2.24, 2.45) is 4.99 Å². The maximum Gasteiger partial charge on any atom is 0.348 e. The predicted molar refractivity (Wildman–Crippen MR) is 131 cm³/mol. The third-order valence-corrected chi connectivity index (χ3v) is 7.09. The summed E-state index contributed by atoms with van der Waals surface area (Å²) in [7, 11) is 0. The summed E-state index contributed by atoms with van der Waals surface area (Å²) in [6.45, 7) is 1.88. The smallest absolute Gasteiger partial charge is 0.348 e. The minimum atomic E-state index is -1.000. The molecule has 0 bridgehead atoms. The Morgan fingerprint density at radius 3 is 2.66 bits per heavy atom. The third kappa shape index (κ3) is 4.08. The molecule has 8 heteroatoms. The minimum Gasteiger partial charge on any atom is -0.477 e. The van der Waals surface area contributed by atoms with E-state index in [4.69, 9.17) is 14.4 Å². The molecule has 32 heavy (non-hydrogen) atoms. The van der Waals surface area contributed by atoms with Gasteiger partial charge in [0.15, 0.2) is 5.76 Å². The number of hydrogen-bond donors (Lipinski definition) is 1. The highest BCUT2D eigenvalue weighted by molar-refractivity contribution is 9.10. The van der Waals surface area contributed by atoms with E-state index >= 15 is 0 Å². The standard InChI is InChI=1S/C24H20BrN3O3S/c25-16-8-6-15(7-9-16)17-13-18(19-5-4-12-31-19)27-23-20(17)21(22(32-23)24(29)30)26-14-28-10-2-1-3-11-28/h4-9,12-14H,1-3,10-11H2,(H,29,30). The second-order valence-electron chi connectivity index (χ2n) is 7.65. The van der Waals surface area contributed by atoms with E-state index in [0.29, 0.717) is 22.0 Å². The number of hydrogen-bond acceptors (Lipinski definition) is 5. The van der Waals surface area contributed by atoms with E-state index in [1.807, 2.05) is 42.5 Å². The second-order valence-corrected chi connectivity index (χ2v) is 9.56. The molecule has 4 aromatic rings. The number of carboxylic acids is 1. The van der Waals surface area contributed by atoms with Gasteiger partial charge in [0, 0.05) is 22.9 Å². The van der Waals surface area contributed by atoms with Crippen LogP contribution in [0.3, 0.4) is 0 Å². The van der Waals surface area contributed by atoms with Crippen molar-refractivity contribution in [1.82, 2.24) is 9.88 Å². The van der Waals surface area contributed by atoms with Gasteiger partial charge in [-0.15, -0.1) is 11.3 Å². The van der Waals surface area contributed by atoms with E-state index in [0.717, 1.165) is 58.3 Å². The van der Waals surface area contributed by atoms with Crippen LogP contribution in [-0.4, -0.2) is 40.4 Å². The van der Waals surface area contributed by atoms with E-state index in [2.05, 4.69) is 20.8 Å². The van der Waals surface area contributed by atoms with Gasteiger partial charge in [-0.2, -0.15) is 0 Å². The van der Waals surface area contributed by atoms with Crippen molar-refractivity contribution in [2.75, 3.05) is 13.1 Å². The number of thiophene rings is 1. The van der Waals surface area contributed by atoms with Gasteiger partial charge >= 0.3 is 5.97 Å². The first-order chi connectivity index (χ1) is 15.6. The zero-order valence-electron chi connectivity index (χ0n) is 17.1. The van der Waals surface area contributed by atoms with Crippen molar-refractivity contribution in [2.45, 2.75) is 19.3 Å². The first kappa shape index (κ1) is 20.9. The van der Waals surface area contributed by atoms with Gasteiger partial charge in [0.2, 0.25) is 0 Å². The fourth-order valence-corrected chi connectivity index (χ4v) is 5.18. The van der Waals surface area contributed by atoms with Crippen LogP contribution < -0.4 is 0 Å². The Morgan fingerprint density at radius 2 is 1.97 bits per heavy atom. The molecule has 0 radical (unpaired) electrons. The Labute approximate surface area is 197 Å². The van der Waals surface area contributed by atoms with Crippen molar-refractivity contribution >= 4 is 55.5 Å². The number of fused-ring (bicyclic) bond motifs is 1. The lowest BCUT2D eigenvalue weighted by atomic mass is 10.0. The SMILES string of the molecule is O=C(O)c1sc2nc(-c3ccco3)cc(-c3ccc(Br)cc3)c2c1N=CN1CCCCC1. The molecule has 0 unspecified atom stereocenters. The van der Waals surface area contributed by atoms with Gasteiger partial charge in [0.05, 0.1) is 12.6 Å². The van der Waals surface area contributed by atoms with Crippen LogP contribution in [0.1, 0.15) is 28.9 Å². The summed E-state index contributed by atoms with van der Waals surface area (Å²) in [5.74, 6) is -0.367. The van der Waals surface area contributed by atoms with Crippen LogP contribution in [0.15, 0.2) is 62.6 Å². The Balaban J connectivity index is 1.74. The van der Waals surface area contributed by atoms with Gasteiger partial charge in [-0.25, -0.2) is 14.8 Å². The summed E-state index contributed by atoms with van der Waals surface area (Å²) in [6.07, 6.45) is 6.87. The summed E-state index contributed by atoms with van der Waals surface area (Å²) in [5, 5.41) is 10.7. The fourth-order valence-electron chi connectivity index (χ4n) is 3.93. The van der Waals surface area contributed by atoms with Gasteiger partial charge < -0.3 is 14.4 Å². The molecule has 0 atom stereocenters. The number of benzene rings is 1. The molecule has 162 valence electrons. The van der Waals surface area contributed by atoms with E-state index in [-0.39, 0.29) is 4.88 Å². The number of nitrogens with zero attached hydrogens (tertiary/aromatic N) is 3. The van der Waals surface area contributed by atoms with Gasteiger partial charge in [-0.1, -0.05) is 28.1 Å². The van der Waals surface area contributed by atoms with E-state index in [9.17, 15) is 9.90 Å². The quantitative estimate of drug-likeness (QED) is 0.235. The van der Waals surface area contributed by atoms with Gasteiger partial charge in [-0.3, -0.25) is 0 Å². The lowest BCUT2D eigenvalue weighted by Crippen LogP contribution is -2.28. The number of halogens is 1. The van der Waals surface area contributed by atoms with Gasteiger partial charge in [0.1, 0.15) is 21.1 Å². The van der Waals surface area contributed by atoms with Crippen molar-refractivity contribution in [3.05, 3.63) is 58.1 Å². The van der Waals surface area contributed by atoms with E-state index in [1.54, 1.807) is 12.6 Å². The highest BCUT2D eigenvalue weighted by atomic mass is 79.9. The van der Waals surface area contributed by atoms with E-state index in [1.165, 1.54) is 6.42 Å². The first-order valence-corrected chi connectivity index (χ1v) is 12.0. The van der Waals surface area contributed by atoms with Crippen molar-refractivity contribution in [1.29, 1.82) is 0 Å². The molecule has 3 aromatic heterocycles. The molecule has 1 aliphatic heterocycles. The molecule has 1 saturated heterocycles. The molecular formula is C24H20BrN3O3S. The number of likely N-dealkylation sites (tertiary alicyclic amines) is 1. The lowest BCUT2D eigenvalue weighted by molar-refractivity contribution is 0.0703.